The lowest BCUT2D eigenvalue weighted by molar-refractivity contribution is -0.121. The van der Waals surface area contributed by atoms with E-state index in [1.54, 1.807) is 0 Å². The monoisotopic (exact) mass is 284 g/mol. The number of fused-ring (bicyclic) bond motifs is 1. The Bertz CT molecular complexity index is 594. The number of amides is 1. The Labute approximate surface area is 126 Å². The molecule has 2 N–H and O–H groups in total. The van der Waals surface area contributed by atoms with E-state index in [1.807, 2.05) is 18.3 Å². The van der Waals surface area contributed by atoms with E-state index in [9.17, 15) is 4.79 Å². The minimum Gasteiger partial charge on any atom is -0.361 e. The number of hydrogen-bond donors (Lipinski definition) is 2. The number of carbonyl (C=O) groups excluding carboxylic acids is 1. The van der Waals surface area contributed by atoms with Gasteiger partial charge in [0, 0.05) is 29.6 Å². The number of benzene rings is 1. The van der Waals surface area contributed by atoms with Crippen molar-refractivity contribution < 1.29 is 4.79 Å². The molecule has 0 atom stereocenters. The molecule has 1 fully saturated rings. The maximum Gasteiger partial charge on any atom is 0.220 e. The molecule has 1 aromatic carbocycles. The number of H-pyrrole nitrogens is 1. The molecule has 1 aliphatic carbocycles. The Hall–Kier alpha value is -1.77. The number of aromatic amines is 1. The topological polar surface area (TPSA) is 44.9 Å². The summed E-state index contributed by atoms with van der Waals surface area (Å²) in [7, 11) is 0. The van der Waals surface area contributed by atoms with E-state index >= 15 is 0 Å². The van der Waals surface area contributed by atoms with Crippen LogP contribution in [0.1, 0.15) is 50.5 Å². The van der Waals surface area contributed by atoms with Crippen LogP contribution in [-0.4, -0.2) is 16.9 Å². The van der Waals surface area contributed by atoms with Gasteiger partial charge in [0.15, 0.2) is 0 Å². The average molecular weight is 284 g/mol. The summed E-state index contributed by atoms with van der Waals surface area (Å²) in [5.74, 6) is 0.201. The van der Waals surface area contributed by atoms with Gasteiger partial charge in [-0.25, -0.2) is 0 Å². The molecule has 1 aromatic heterocycles. The number of carbonyl (C=O) groups is 1. The van der Waals surface area contributed by atoms with E-state index < -0.39 is 0 Å². The van der Waals surface area contributed by atoms with Crippen LogP contribution in [0.5, 0.6) is 0 Å². The Morgan fingerprint density at radius 2 is 1.90 bits per heavy atom. The highest BCUT2D eigenvalue weighted by molar-refractivity contribution is 5.84. The van der Waals surface area contributed by atoms with E-state index in [0.717, 1.165) is 24.8 Å². The first-order valence-electron chi connectivity index (χ1n) is 8.17. The molecule has 1 heterocycles. The van der Waals surface area contributed by atoms with Gasteiger partial charge in [0.1, 0.15) is 0 Å². The van der Waals surface area contributed by atoms with Crippen LogP contribution in [0.15, 0.2) is 30.5 Å². The molecule has 21 heavy (non-hydrogen) atoms. The summed E-state index contributed by atoms with van der Waals surface area (Å²) in [4.78, 5) is 15.4. The molecule has 3 heteroatoms. The molecule has 0 saturated heterocycles. The third-order valence-electron chi connectivity index (χ3n) is 4.52. The van der Waals surface area contributed by atoms with Gasteiger partial charge in [-0.3, -0.25) is 4.79 Å². The molecule has 0 spiro atoms. The Morgan fingerprint density at radius 3 is 2.71 bits per heavy atom. The van der Waals surface area contributed by atoms with Crippen LogP contribution in [0.2, 0.25) is 0 Å². The third-order valence-corrected chi connectivity index (χ3v) is 4.52. The molecule has 0 radical (unpaired) electrons. The van der Waals surface area contributed by atoms with E-state index in [4.69, 9.17) is 0 Å². The minimum atomic E-state index is 0.201. The summed E-state index contributed by atoms with van der Waals surface area (Å²) in [5, 5.41) is 4.46. The fourth-order valence-corrected chi connectivity index (χ4v) is 3.31. The zero-order valence-corrected chi connectivity index (χ0v) is 12.5. The van der Waals surface area contributed by atoms with Gasteiger partial charge in [-0.1, -0.05) is 43.9 Å². The largest absolute Gasteiger partial charge is 0.361 e. The normalized spacial score (nSPS) is 16.8. The van der Waals surface area contributed by atoms with Crippen molar-refractivity contribution in [1.82, 2.24) is 10.3 Å². The maximum atomic E-state index is 12.1. The van der Waals surface area contributed by atoms with Gasteiger partial charge >= 0.3 is 0 Å². The van der Waals surface area contributed by atoms with Gasteiger partial charge in [-0.05, 0) is 30.9 Å². The number of aromatic nitrogens is 1. The molecule has 112 valence electrons. The molecule has 1 aliphatic rings. The quantitative estimate of drug-likeness (QED) is 0.821. The van der Waals surface area contributed by atoms with E-state index in [2.05, 4.69) is 22.4 Å². The van der Waals surface area contributed by atoms with Gasteiger partial charge in [-0.15, -0.1) is 0 Å². The molecule has 3 rings (SSSR count). The molecule has 0 unspecified atom stereocenters. The van der Waals surface area contributed by atoms with Gasteiger partial charge in [0.25, 0.3) is 0 Å². The standard InChI is InChI=1S/C18H24N2O/c21-18(20-15-7-3-1-2-4-8-15)12-11-14-13-19-17-10-6-5-9-16(14)17/h5-6,9-10,13,15,19H,1-4,7-8,11-12H2,(H,20,21). The summed E-state index contributed by atoms with van der Waals surface area (Å²) >= 11 is 0. The van der Waals surface area contributed by atoms with Crippen molar-refractivity contribution in [3.05, 3.63) is 36.0 Å². The van der Waals surface area contributed by atoms with Crippen molar-refractivity contribution >= 4 is 16.8 Å². The van der Waals surface area contributed by atoms with Crippen molar-refractivity contribution in [2.75, 3.05) is 0 Å². The highest BCUT2D eigenvalue weighted by Gasteiger charge is 2.14. The predicted octanol–water partition coefficient (Wildman–Crippen LogP) is 3.94. The summed E-state index contributed by atoms with van der Waals surface area (Å²) < 4.78 is 0. The van der Waals surface area contributed by atoms with Crippen molar-refractivity contribution in [3.8, 4) is 0 Å². The molecule has 3 nitrogen and oxygen atoms in total. The number of aryl methyl sites for hydroxylation is 1. The Kier molecular flexibility index (Phi) is 4.59. The zero-order chi connectivity index (χ0) is 14.5. The van der Waals surface area contributed by atoms with Crippen LogP contribution in [-0.2, 0) is 11.2 Å². The molecule has 2 aromatic rings. The number of rotatable bonds is 4. The highest BCUT2D eigenvalue weighted by Crippen LogP contribution is 2.20. The van der Waals surface area contributed by atoms with Gasteiger partial charge < -0.3 is 10.3 Å². The van der Waals surface area contributed by atoms with Crippen LogP contribution in [0.3, 0.4) is 0 Å². The van der Waals surface area contributed by atoms with Crippen LogP contribution >= 0.6 is 0 Å². The second kappa shape index (κ2) is 6.79. The summed E-state index contributed by atoms with van der Waals surface area (Å²) in [6.07, 6.45) is 10.9. The Balaban J connectivity index is 1.53. The molecule has 1 saturated carbocycles. The molecular weight excluding hydrogens is 260 g/mol. The lowest BCUT2D eigenvalue weighted by atomic mass is 10.1. The summed E-state index contributed by atoms with van der Waals surface area (Å²) in [6.45, 7) is 0. The highest BCUT2D eigenvalue weighted by atomic mass is 16.1. The van der Waals surface area contributed by atoms with Crippen LogP contribution in [0.4, 0.5) is 0 Å². The second-order valence-electron chi connectivity index (χ2n) is 6.12. The van der Waals surface area contributed by atoms with E-state index in [1.165, 1.54) is 36.6 Å². The SMILES string of the molecule is O=C(CCc1c[nH]c2ccccc12)NC1CCCCCC1. The molecular formula is C18H24N2O. The molecule has 1 amide bonds. The van der Waals surface area contributed by atoms with Crippen LogP contribution in [0.25, 0.3) is 10.9 Å². The smallest absolute Gasteiger partial charge is 0.220 e. The van der Waals surface area contributed by atoms with E-state index in [0.29, 0.717) is 12.5 Å². The van der Waals surface area contributed by atoms with Gasteiger partial charge in [-0.2, -0.15) is 0 Å². The first-order chi connectivity index (χ1) is 10.3. The van der Waals surface area contributed by atoms with Crippen molar-refractivity contribution in [2.24, 2.45) is 0 Å². The third kappa shape index (κ3) is 3.66. The summed E-state index contributed by atoms with van der Waals surface area (Å²) in [5.41, 5.74) is 2.39. The van der Waals surface area contributed by atoms with E-state index in [-0.39, 0.29) is 5.91 Å². The maximum absolute atomic E-state index is 12.1. The van der Waals surface area contributed by atoms with Crippen molar-refractivity contribution in [3.63, 3.8) is 0 Å². The predicted molar refractivity (Wildman–Crippen MR) is 86.3 cm³/mol. The lowest BCUT2D eigenvalue weighted by Crippen LogP contribution is -2.34. The minimum absolute atomic E-state index is 0.201. The Morgan fingerprint density at radius 1 is 1.14 bits per heavy atom. The van der Waals surface area contributed by atoms with Crippen molar-refractivity contribution in [2.45, 2.75) is 57.4 Å². The van der Waals surface area contributed by atoms with Crippen LogP contribution < -0.4 is 5.32 Å². The molecule has 0 aliphatic heterocycles. The summed E-state index contributed by atoms with van der Waals surface area (Å²) in [6, 6.07) is 8.67. The van der Waals surface area contributed by atoms with Gasteiger partial charge in [0.05, 0.1) is 0 Å². The van der Waals surface area contributed by atoms with Crippen molar-refractivity contribution in [1.29, 1.82) is 0 Å². The van der Waals surface area contributed by atoms with Gasteiger partial charge in [0.2, 0.25) is 5.91 Å². The lowest BCUT2D eigenvalue weighted by Gasteiger charge is -2.16. The van der Waals surface area contributed by atoms with Crippen LogP contribution in [0, 0.1) is 0 Å². The molecule has 0 bridgehead atoms. The fraction of sp³-hybridized carbons (Fsp3) is 0.500. The average Bonchev–Trinajstić information content (AvgIpc) is 2.74. The first kappa shape index (κ1) is 14.2. The number of nitrogens with one attached hydrogen (secondary N) is 2. The number of para-hydroxylation sites is 1. The second-order valence-corrected chi connectivity index (χ2v) is 6.12. The first-order valence-corrected chi connectivity index (χ1v) is 8.17. The zero-order valence-electron chi connectivity index (χ0n) is 12.5. The number of hydrogen-bond acceptors (Lipinski definition) is 1. The fourth-order valence-electron chi connectivity index (χ4n) is 3.31.